The molecular formula is C15H14F3N3O2S. The summed E-state index contributed by atoms with van der Waals surface area (Å²) in [6, 6.07) is 5.76. The monoisotopic (exact) mass is 357 g/mol. The highest BCUT2D eigenvalue weighted by Gasteiger charge is 2.29. The maximum absolute atomic E-state index is 12.5. The summed E-state index contributed by atoms with van der Waals surface area (Å²) in [5.74, 6) is 0.278. The molecule has 0 amide bonds. The van der Waals surface area contributed by atoms with E-state index >= 15 is 0 Å². The van der Waals surface area contributed by atoms with Crippen molar-refractivity contribution >= 4 is 27.6 Å². The molecule has 1 heterocycles. The predicted molar refractivity (Wildman–Crippen MR) is 85.3 cm³/mol. The van der Waals surface area contributed by atoms with Crippen LogP contribution in [0.3, 0.4) is 0 Å². The second kappa shape index (κ2) is 6.62. The molecular weight excluding hydrogens is 343 g/mol. The van der Waals surface area contributed by atoms with E-state index in [1.54, 1.807) is 0 Å². The molecule has 2 N–H and O–H groups in total. The molecule has 0 spiro atoms. The molecule has 0 unspecified atom stereocenters. The number of hydrogen-bond donors (Lipinski definition) is 2. The van der Waals surface area contributed by atoms with Gasteiger partial charge in [-0.05, 0) is 37.4 Å². The number of rotatable bonds is 5. The summed E-state index contributed by atoms with van der Waals surface area (Å²) in [4.78, 5) is 3.96. The van der Waals surface area contributed by atoms with Gasteiger partial charge in [0, 0.05) is 17.4 Å². The number of nitrogens with zero attached hydrogens (tertiary/aromatic N) is 1. The standard InChI is InChI=1S/C15H14F3N3O2S/c1-3-10-8-13(24(22,23)19-2)9-20-14(10)21-12-6-4-11(5-7-12)15(16,17)18/h3-9,19H,1H2,2H3,(H,20,21). The van der Waals surface area contributed by atoms with E-state index in [2.05, 4.69) is 21.6 Å². The Morgan fingerprint density at radius 2 is 1.83 bits per heavy atom. The van der Waals surface area contributed by atoms with Gasteiger partial charge in [0.15, 0.2) is 0 Å². The minimum absolute atomic E-state index is 0.0436. The van der Waals surface area contributed by atoms with E-state index in [0.717, 1.165) is 18.3 Å². The van der Waals surface area contributed by atoms with Crippen molar-refractivity contribution in [2.75, 3.05) is 12.4 Å². The van der Waals surface area contributed by atoms with Gasteiger partial charge in [0.25, 0.3) is 0 Å². The number of pyridine rings is 1. The number of sulfonamides is 1. The first-order chi connectivity index (χ1) is 11.2. The number of halogens is 3. The van der Waals surface area contributed by atoms with Gasteiger partial charge in [-0.3, -0.25) is 0 Å². The highest BCUT2D eigenvalue weighted by Crippen LogP contribution is 2.30. The molecule has 0 aliphatic carbocycles. The Morgan fingerprint density at radius 1 is 1.21 bits per heavy atom. The Balaban J connectivity index is 2.32. The zero-order valence-corrected chi connectivity index (χ0v) is 13.4. The van der Waals surface area contributed by atoms with Crippen LogP contribution >= 0.6 is 0 Å². The molecule has 128 valence electrons. The Bertz CT molecular complexity index is 847. The first-order valence-corrected chi connectivity index (χ1v) is 8.16. The number of aromatic nitrogens is 1. The largest absolute Gasteiger partial charge is 0.416 e. The van der Waals surface area contributed by atoms with E-state index < -0.39 is 21.8 Å². The van der Waals surface area contributed by atoms with Crippen molar-refractivity contribution in [1.82, 2.24) is 9.71 Å². The summed E-state index contributed by atoms with van der Waals surface area (Å²) >= 11 is 0. The van der Waals surface area contributed by atoms with Crippen molar-refractivity contribution in [2.24, 2.45) is 0 Å². The van der Waals surface area contributed by atoms with E-state index in [-0.39, 0.29) is 10.7 Å². The maximum atomic E-state index is 12.5. The van der Waals surface area contributed by atoms with Gasteiger partial charge >= 0.3 is 6.18 Å². The summed E-state index contributed by atoms with van der Waals surface area (Å²) < 4.78 is 63.3. The van der Waals surface area contributed by atoms with Gasteiger partial charge in [0.05, 0.1) is 5.56 Å². The predicted octanol–water partition coefficient (Wildman–Crippen LogP) is 3.40. The van der Waals surface area contributed by atoms with Gasteiger partial charge in [0.1, 0.15) is 10.7 Å². The second-order valence-electron chi connectivity index (χ2n) is 4.72. The molecule has 0 atom stereocenters. The van der Waals surface area contributed by atoms with E-state index in [1.165, 1.54) is 31.3 Å². The van der Waals surface area contributed by atoms with Gasteiger partial charge in [-0.15, -0.1) is 0 Å². The number of benzene rings is 1. The van der Waals surface area contributed by atoms with E-state index in [1.807, 2.05) is 0 Å². The molecule has 0 fully saturated rings. The van der Waals surface area contributed by atoms with Crippen molar-refractivity contribution in [3.05, 3.63) is 54.2 Å². The zero-order chi connectivity index (χ0) is 18.0. The lowest BCUT2D eigenvalue weighted by Gasteiger charge is -2.12. The highest BCUT2D eigenvalue weighted by molar-refractivity contribution is 7.89. The smallest absolute Gasteiger partial charge is 0.340 e. The Labute approximate surface area is 137 Å². The fraction of sp³-hybridized carbons (Fsp3) is 0.133. The van der Waals surface area contributed by atoms with Crippen LogP contribution in [0, 0.1) is 0 Å². The fourth-order valence-electron chi connectivity index (χ4n) is 1.87. The number of alkyl halides is 3. The lowest BCUT2D eigenvalue weighted by atomic mass is 10.2. The lowest BCUT2D eigenvalue weighted by Crippen LogP contribution is -2.19. The molecule has 0 bridgehead atoms. The van der Waals surface area contributed by atoms with Crippen molar-refractivity contribution in [1.29, 1.82) is 0 Å². The minimum atomic E-state index is -4.41. The molecule has 0 aliphatic rings. The van der Waals surface area contributed by atoms with Crippen LogP contribution in [-0.2, 0) is 16.2 Å². The molecule has 0 radical (unpaired) electrons. The SMILES string of the molecule is C=Cc1cc(S(=O)(=O)NC)cnc1Nc1ccc(C(F)(F)F)cc1. The lowest BCUT2D eigenvalue weighted by molar-refractivity contribution is -0.137. The zero-order valence-electron chi connectivity index (χ0n) is 12.6. The molecule has 2 rings (SSSR count). The highest BCUT2D eigenvalue weighted by atomic mass is 32.2. The normalized spacial score (nSPS) is 12.0. The molecule has 9 heteroatoms. The summed E-state index contributed by atoms with van der Waals surface area (Å²) in [7, 11) is -2.38. The third-order valence-electron chi connectivity index (χ3n) is 3.17. The van der Waals surface area contributed by atoms with Crippen molar-refractivity contribution in [3.63, 3.8) is 0 Å². The van der Waals surface area contributed by atoms with Crippen molar-refractivity contribution in [3.8, 4) is 0 Å². The minimum Gasteiger partial charge on any atom is -0.340 e. The third kappa shape index (κ3) is 3.92. The number of hydrogen-bond acceptors (Lipinski definition) is 4. The average molecular weight is 357 g/mol. The van der Waals surface area contributed by atoms with Crippen LogP contribution in [0.25, 0.3) is 6.08 Å². The van der Waals surface area contributed by atoms with Crippen LogP contribution in [0.2, 0.25) is 0 Å². The van der Waals surface area contributed by atoms with E-state index in [4.69, 9.17) is 0 Å². The molecule has 5 nitrogen and oxygen atoms in total. The van der Waals surface area contributed by atoms with E-state index in [9.17, 15) is 21.6 Å². The summed E-state index contributed by atoms with van der Waals surface area (Å²) in [6.07, 6.45) is -1.87. The molecule has 1 aromatic carbocycles. The number of nitrogens with one attached hydrogen (secondary N) is 2. The quantitative estimate of drug-likeness (QED) is 0.860. The summed E-state index contributed by atoms with van der Waals surface area (Å²) in [5, 5.41) is 2.83. The Hall–Kier alpha value is -2.39. The van der Waals surface area contributed by atoms with Crippen LogP contribution in [0.15, 0.2) is 48.0 Å². The first kappa shape index (κ1) is 18.0. The van der Waals surface area contributed by atoms with Crippen LogP contribution < -0.4 is 10.0 Å². The third-order valence-corrected chi connectivity index (χ3v) is 4.55. The Kier molecular flexibility index (Phi) is 4.95. The van der Waals surface area contributed by atoms with Gasteiger partial charge in [-0.2, -0.15) is 13.2 Å². The average Bonchev–Trinajstić information content (AvgIpc) is 2.54. The molecule has 24 heavy (non-hydrogen) atoms. The summed E-state index contributed by atoms with van der Waals surface area (Å²) in [6.45, 7) is 3.58. The number of anilines is 2. The van der Waals surface area contributed by atoms with Crippen molar-refractivity contribution < 1.29 is 21.6 Å². The Morgan fingerprint density at radius 3 is 2.33 bits per heavy atom. The van der Waals surface area contributed by atoms with Crippen LogP contribution in [-0.4, -0.2) is 20.4 Å². The molecule has 2 aromatic rings. The van der Waals surface area contributed by atoms with Crippen LogP contribution in [0.4, 0.5) is 24.7 Å². The molecule has 0 saturated carbocycles. The van der Waals surface area contributed by atoms with Gasteiger partial charge in [-0.25, -0.2) is 18.1 Å². The van der Waals surface area contributed by atoms with Crippen LogP contribution in [0.5, 0.6) is 0 Å². The maximum Gasteiger partial charge on any atom is 0.416 e. The van der Waals surface area contributed by atoms with Gasteiger partial charge in [0.2, 0.25) is 10.0 Å². The molecule has 0 saturated heterocycles. The second-order valence-corrected chi connectivity index (χ2v) is 6.61. The fourth-order valence-corrected chi connectivity index (χ4v) is 2.58. The van der Waals surface area contributed by atoms with Crippen molar-refractivity contribution in [2.45, 2.75) is 11.1 Å². The van der Waals surface area contributed by atoms with Crippen LogP contribution in [0.1, 0.15) is 11.1 Å². The summed E-state index contributed by atoms with van der Waals surface area (Å²) in [5.41, 5.74) is 0.00876. The van der Waals surface area contributed by atoms with Gasteiger partial charge in [-0.1, -0.05) is 12.7 Å². The molecule has 1 aromatic heterocycles. The van der Waals surface area contributed by atoms with Gasteiger partial charge < -0.3 is 5.32 Å². The molecule has 0 aliphatic heterocycles. The topological polar surface area (TPSA) is 71.1 Å². The first-order valence-electron chi connectivity index (χ1n) is 6.67. The van der Waals surface area contributed by atoms with E-state index in [0.29, 0.717) is 11.3 Å².